The predicted octanol–water partition coefficient (Wildman–Crippen LogP) is 2.85. The second kappa shape index (κ2) is 6.27. The van der Waals surface area contributed by atoms with Crippen molar-refractivity contribution in [3.8, 4) is 16.9 Å². The Morgan fingerprint density at radius 3 is 2.88 bits per heavy atom. The SMILES string of the molecule is CC1CNc2ccc(-c3ccc(N4CCC(C(=O)O)C4)nc3)cc2O1. The minimum Gasteiger partial charge on any atom is -0.487 e. The lowest BCUT2D eigenvalue weighted by atomic mass is 10.1. The van der Waals surface area contributed by atoms with E-state index in [1.54, 1.807) is 0 Å². The molecule has 0 saturated carbocycles. The highest BCUT2D eigenvalue weighted by Gasteiger charge is 2.28. The van der Waals surface area contributed by atoms with Gasteiger partial charge in [-0.25, -0.2) is 4.98 Å². The third-order valence-corrected chi connectivity index (χ3v) is 4.83. The van der Waals surface area contributed by atoms with Gasteiger partial charge in [0.2, 0.25) is 0 Å². The molecule has 6 nitrogen and oxygen atoms in total. The normalized spacial score (nSPS) is 22.0. The molecule has 0 aliphatic carbocycles. The Balaban J connectivity index is 1.53. The Hall–Kier alpha value is -2.76. The standard InChI is InChI=1S/C19H21N3O3/c1-12-9-20-16-4-2-13(8-17(16)25-12)14-3-5-18(21-10-14)22-7-6-15(11-22)19(23)24/h2-5,8,10,12,15,20H,6-7,9,11H2,1H3,(H,23,24). The van der Waals surface area contributed by atoms with Gasteiger partial charge in [-0.1, -0.05) is 6.07 Å². The molecular weight excluding hydrogens is 318 g/mol. The fraction of sp³-hybridized carbons (Fsp3) is 0.368. The summed E-state index contributed by atoms with van der Waals surface area (Å²) < 4.78 is 5.89. The van der Waals surface area contributed by atoms with Gasteiger partial charge in [0.05, 0.1) is 18.2 Å². The molecule has 1 aromatic carbocycles. The van der Waals surface area contributed by atoms with Crippen LogP contribution in [0.3, 0.4) is 0 Å². The van der Waals surface area contributed by atoms with Crippen LogP contribution in [0.5, 0.6) is 5.75 Å². The van der Waals surface area contributed by atoms with E-state index in [-0.39, 0.29) is 12.0 Å². The van der Waals surface area contributed by atoms with Crippen molar-refractivity contribution in [1.29, 1.82) is 0 Å². The van der Waals surface area contributed by atoms with Crippen molar-refractivity contribution in [3.63, 3.8) is 0 Å². The van der Waals surface area contributed by atoms with E-state index >= 15 is 0 Å². The summed E-state index contributed by atoms with van der Waals surface area (Å²) in [7, 11) is 0. The lowest BCUT2D eigenvalue weighted by Crippen LogP contribution is -2.27. The lowest BCUT2D eigenvalue weighted by Gasteiger charge is -2.25. The van der Waals surface area contributed by atoms with E-state index < -0.39 is 5.97 Å². The number of ether oxygens (including phenoxy) is 1. The highest BCUT2D eigenvalue weighted by molar-refractivity contribution is 5.73. The number of nitrogens with one attached hydrogen (secondary N) is 1. The van der Waals surface area contributed by atoms with Crippen LogP contribution in [-0.4, -0.2) is 41.8 Å². The predicted molar refractivity (Wildman–Crippen MR) is 96.2 cm³/mol. The van der Waals surface area contributed by atoms with Crippen LogP contribution in [0.4, 0.5) is 11.5 Å². The van der Waals surface area contributed by atoms with Gasteiger partial charge in [-0.15, -0.1) is 0 Å². The summed E-state index contributed by atoms with van der Waals surface area (Å²) in [6, 6.07) is 10.1. The minimum atomic E-state index is -0.726. The molecule has 3 heterocycles. The van der Waals surface area contributed by atoms with Gasteiger partial charge in [-0.2, -0.15) is 0 Å². The Kier molecular flexibility index (Phi) is 3.95. The first-order chi connectivity index (χ1) is 12.1. The monoisotopic (exact) mass is 339 g/mol. The molecule has 1 aromatic heterocycles. The number of hydrogen-bond donors (Lipinski definition) is 2. The maximum absolute atomic E-state index is 11.1. The van der Waals surface area contributed by atoms with Crippen LogP contribution in [0.2, 0.25) is 0 Å². The average molecular weight is 339 g/mol. The number of fused-ring (bicyclic) bond motifs is 1. The summed E-state index contributed by atoms with van der Waals surface area (Å²) in [5.41, 5.74) is 3.09. The van der Waals surface area contributed by atoms with E-state index in [0.29, 0.717) is 13.0 Å². The van der Waals surface area contributed by atoms with Gasteiger partial charge < -0.3 is 20.1 Å². The molecule has 2 unspecified atom stereocenters. The molecule has 130 valence electrons. The van der Waals surface area contributed by atoms with E-state index in [1.165, 1.54) is 0 Å². The third-order valence-electron chi connectivity index (χ3n) is 4.83. The molecule has 1 saturated heterocycles. The second-order valence-electron chi connectivity index (χ2n) is 6.70. The second-order valence-corrected chi connectivity index (χ2v) is 6.70. The number of anilines is 2. The number of carboxylic acid groups (broad SMARTS) is 1. The van der Waals surface area contributed by atoms with Crippen molar-refractivity contribution in [2.24, 2.45) is 5.92 Å². The number of carboxylic acids is 1. The topological polar surface area (TPSA) is 74.7 Å². The van der Waals surface area contributed by atoms with Crippen LogP contribution in [0, 0.1) is 5.92 Å². The van der Waals surface area contributed by atoms with Crippen molar-refractivity contribution in [3.05, 3.63) is 36.5 Å². The quantitative estimate of drug-likeness (QED) is 0.896. The number of carbonyl (C=O) groups is 1. The largest absolute Gasteiger partial charge is 0.487 e. The molecule has 6 heteroatoms. The van der Waals surface area contributed by atoms with Crippen LogP contribution < -0.4 is 15.0 Å². The Labute approximate surface area is 146 Å². The van der Waals surface area contributed by atoms with Crippen molar-refractivity contribution in [2.75, 3.05) is 29.9 Å². The highest BCUT2D eigenvalue weighted by atomic mass is 16.5. The van der Waals surface area contributed by atoms with E-state index in [0.717, 1.165) is 41.5 Å². The lowest BCUT2D eigenvalue weighted by molar-refractivity contribution is -0.140. The fourth-order valence-electron chi connectivity index (χ4n) is 3.37. The zero-order chi connectivity index (χ0) is 17.4. The molecule has 2 aliphatic heterocycles. The summed E-state index contributed by atoms with van der Waals surface area (Å²) in [5.74, 6) is 0.672. The van der Waals surface area contributed by atoms with Gasteiger partial charge in [0.1, 0.15) is 17.7 Å². The number of hydrogen-bond acceptors (Lipinski definition) is 5. The maximum atomic E-state index is 11.1. The first-order valence-electron chi connectivity index (χ1n) is 8.59. The maximum Gasteiger partial charge on any atom is 0.308 e. The smallest absolute Gasteiger partial charge is 0.308 e. The summed E-state index contributed by atoms with van der Waals surface area (Å²) in [4.78, 5) is 17.7. The van der Waals surface area contributed by atoms with Crippen LogP contribution in [0.1, 0.15) is 13.3 Å². The van der Waals surface area contributed by atoms with Gasteiger partial charge in [0, 0.05) is 24.8 Å². The Morgan fingerprint density at radius 2 is 2.16 bits per heavy atom. The van der Waals surface area contributed by atoms with Crippen LogP contribution >= 0.6 is 0 Å². The van der Waals surface area contributed by atoms with Crippen molar-refractivity contribution in [1.82, 2.24) is 4.98 Å². The molecule has 0 bridgehead atoms. The van der Waals surface area contributed by atoms with E-state index in [2.05, 4.69) is 16.4 Å². The fourth-order valence-corrected chi connectivity index (χ4v) is 3.37. The van der Waals surface area contributed by atoms with Gasteiger partial charge in [-0.3, -0.25) is 4.79 Å². The molecule has 2 atom stereocenters. The molecule has 25 heavy (non-hydrogen) atoms. The molecule has 0 radical (unpaired) electrons. The number of rotatable bonds is 3. The number of aliphatic carboxylic acids is 1. The van der Waals surface area contributed by atoms with E-state index in [4.69, 9.17) is 9.84 Å². The highest BCUT2D eigenvalue weighted by Crippen LogP contribution is 2.34. The number of aromatic nitrogens is 1. The molecule has 1 fully saturated rings. The number of pyridine rings is 1. The minimum absolute atomic E-state index is 0.153. The van der Waals surface area contributed by atoms with Crippen LogP contribution in [0.25, 0.3) is 11.1 Å². The molecule has 2 N–H and O–H groups in total. The summed E-state index contributed by atoms with van der Waals surface area (Å²) in [6.07, 6.45) is 2.66. The zero-order valence-corrected chi connectivity index (χ0v) is 14.1. The zero-order valence-electron chi connectivity index (χ0n) is 14.1. The molecule has 2 aromatic rings. The van der Waals surface area contributed by atoms with Crippen LogP contribution in [0.15, 0.2) is 36.5 Å². The number of benzene rings is 1. The molecular formula is C19H21N3O3. The van der Waals surface area contributed by atoms with Crippen LogP contribution in [-0.2, 0) is 4.79 Å². The van der Waals surface area contributed by atoms with Crippen molar-refractivity contribution < 1.29 is 14.6 Å². The van der Waals surface area contributed by atoms with Gasteiger partial charge >= 0.3 is 5.97 Å². The third kappa shape index (κ3) is 3.12. The average Bonchev–Trinajstić information content (AvgIpc) is 3.12. The Morgan fingerprint density at radius 1 is 1.32 bits per heavy atom. The molecule has 0 amide bonds. The molecule has 2 aliphatic rings. The van der Waals surface area contributed by atoms with Gasteiger partial charge in [0.15, 0.2) is 0 Å². The first-order valence-corrected chi connectivity index (χ1v) is 8.59. The Bertz CT molecular complexity index is 791. The van der Waals surface area contributed by atoms with Crippen molar-refractivity contribution >= 4 is 17.5 Å². The summed E-state index contributed by atoms with van der Waals surface area (Å²) in [5, 5.41) is 12.5. The molecule has 0 spiro atoms. The summed E-state index contributed by atoms with van der Waals surface area (Å²) in [6.45, 7) is 4.12. The van der Waals surface area contributed by atoms with Gasteiger partial charge in [-0.05, 0) is 43.2 Å². The summed E-state index contributed by atoms with van der Waals surface area (Å²) >= 11 is 0. The van der Waals surface area contributed by atoms with Gasteiger partial charge in [0.25, 0.3) is 0 Å². The molecule has 4 rings (SSSR count). The van der Waals surface area contributed by atoms with E-state index in [1.807, 2.05) is 42.3 Å². The number of nitrogens with zero attached hydrogens (tertiary/aromatic N) is 2. The first kappa shape index (κ1) is 15.7. The van der Waals surface area contributed by atoms with E-state index in [9.17, 15) is 4.79 Å². The van der Waals surface area contributed by atoms with Crippen molar-refractivity contribution in [2.45, 2.75) is 19.4 Å².